The van der Waals surface area contributed by atoms with Crippen molar-refractivity contribution in [3.63, 3.8) is 0 Å². The number of H-pyrrole nitrogens is 1. The second kappa shape index (κ2) is 4.26. The number of nitrogens with zero attached hydrogens (tertiary/aromatic N) is 1. The molecule has 18 heavy (non-hydrogen) atoms. The summed E-state index contributed by atoms with van der Waals surface area (Å²) in [5.74, 6) is -1.13. The van der Waals surface area contributed by atoms with E-state index in [1.54, 1.807) is 6.92 Å². The second-order valence-electron chi connectivity index (χ2n) is 3.95. The van der Waals surface area contributed by atoms with Gasteiger partial charge in [-0.15, -0.1) is 11.3 Å². The number of hydrogen-bond donors (Lipinski definition) is 2. The zero-order valence-electron chi connectivity index (χ0n) is 9.52. The zero-order valence-corrected chi connectivity index (χ0v) is 10.3. The second-order valence-corrected chi connectivity index (χ2v) is 4.98. The van der Waals surface area contributed by atoms with Crippen LogP contribution in [0, 0.1) is 0 Å². The summed E-state index contributed by atoms with van der Waals surface area (Å²) in [6.45, 7) is 5.47. The first-order chi connectivity index (χ1) is 8.40. The van der Waals surface area contributed by atoms with Gasteiger partial charge in [-0.3, -0.25) is 14.2 Å². The predicted molar refractivity (Wildman–Crippen MR) is 67.6 cm³/mol. The van der Waals surface area contributed by atoms with Crippen molar-refractivity contribution in [2.75, 3.05) is 0 Å². The summed E-state index contributed by atoms with van der Waals surface area (Å²) in [5, 5.41) is 8.91. The number of carboxylic acid groups (broad SMARTS) is 1. The van der Waals surface area contributed by atoms with Gasteiger partial charge in [0, 0.05) is 12.6 Å². The summed E-state index contributed by atoms with van der Waals surface area (Å²) >= 11 is 0.905. The van der Waals surface area contributed by atoms with Crippen LogP contribution < -0.4 is 11.2 Å². The molecule has 0 aliphatic rings. The van der Waals surface area contributed by atoms with Gasteiger partial charge < -0.3 is 5.11 Å². The first kappa shape index (κ1) is 12.3. The molecule has 2 aromatic heterocycles. The maximum Gasteiger partial charge on any atom is 0.347 e. The van der Waals surface area contributed by atoms with E-state index in [0.717, 1.165) is 21.3 Å². The number of nitrogens with one attached hydrogen (secondary N) is 1. The minimum absolute atomic E-state index is 0.00839. The maximum absolute atomic E-state index is 11.7. The fourth-order valence-electron chi connectivity index (χ4n) is 1.60. The molecular weight excluding hydrogens is 256 g/mol. The number of aromatic nitrogens is 2. The Kier molecular flexibility index (Phi) is 2.92. The number of aromatic amines is 1. The molecule has 6 nitrogen and oxygen atoms in total. The highest BCUT2D eigenvalue weighted by Gasteiger charge is 2.15. The minimum atomic E-state index is -1.13. The number of rotatable bonds is 3. The van der Waals surface area contributed by atoms with Gasteiger partial charge in [-0.2, -0.15) is 0 Å². The van der Waals surface area contributed by atoms with Crippen LogP contribution in [0.5, 0.6) is 0 Å². The number of carboxylic acids is 1. The summed E-state index contributed by atoms with van der Waals surface area (Å²) in [4.78, 5) is 36.7. The van der Waals surface area contributed by atoms with E-state index in [4.69, 9.17) is 5.11 Å². The van der Waals surface area contributed by atoms with E-state index in [9.17, 15) is 14.4 Å². The quantitative estimate of drug-likeness (QED) is 0.806. The molecular formula is C11H10N2O4S. The number of carbonyl (C=O) groups is 1. The molecule has 2 rings (SSSR count). The summed E-state index contributed by atoms with van der Waals surface area (Å²) in [5.41, 5.74) is -0.0167. The van der Waals surface area contributed by atoms with Crippen LogP contribution in [0.25, 0.3) is 4.83 Å². The average molecular weight is 266 g/mol. The van der Waals surface area contributed by atoms with Crippen molar-refractivity contribution >= 4 is 22.1 Å². The van der Waals surface area contributed by atoms with E-state index in [1.807, 2.05) is 0 Å². The first-order valence-electron chi connectivity index (χ1n) is 5.05. The molecule has 0 atom stereocenters. The summed E-state index contributed by atoms with van der Waals surface area (Å²) < 4.78 is 1.15. The third kappa shape index (κ3) is 2.00. The van der Waals surface area contributed by atoms with E-state index >= 15 is 0 Å². The van der Waals surface area contributed by atoms with Crippen molar-refractivity contribution in [2.45, 2.75) is 13.3 Å². The number of aromatic carboxylic acids is 1. The Morgan fingerprint density at radius 1 is 1.56 bits per heavy atom. The lowest BCUT2D eigenvalue weighted by atomic mass is 10.1. The maximum atomic E-state index is 11.7. The van der Waals surface area contributed by atoms with E-state index in [-0.39, 0.29) is 4.88 Å². The summed E-state index contributed by atoms with van der Waals surface area (Å²) in [6, 6.07) is 0. The predicted octanol–water partition coefficient (Wildman–Crippen LogP) is 0.866. The lowest BCUT2D eigenvalue weighted by Crippen LogP contribution is -2.28. The van der Waals surface area contributed by atoms with E-state index in [0.29, 0.717) is 16.8 Å². The number of fused-ring (bicyclic) bond motifs is 1. The van der Waals surface area contributed by atoms with Crippen LogP contribution >= 0.6 is 11.3 Å². The molecule has 0 spiro atoms. The van der Waals surface area contributed by atoms with Crippen LogP contribution in [0.1, 0.15) is 22.2 Å². The Balaban J connectivity index is 2.84. The highest BCUT2D eigenvalue weighted by molar-refractivity contribution is 7.19. The molecule has 0 unspecified atom stereocenters. The van der Waals surface area contributed by atoms with Crippen molar-refractivity contribution in [2.24, 2.45) is 0 Å². The van der Waals surface area contributed by atoms with Crippen LogP contribution in [0.15, 0.2) is 27.9 Å². The van der Waals surface area contributed by atoms with Crippen molar-refractivity contribution in [1.29, 1.82) is 0 Å². The van der Waals surface area contributed by atoms with Crippen molar-refractivity contribution in [3.8, 4) is 0 Å². The van der Waals surface area contributed by atoms with Gasteiger partial charge in [-0.05, 0) is 6.92 Å². The van der Waals surface area contributed by atoms with Crippen LogP contribution in [0.3, 0.4) is 0 Å². The van der Waals surface area contributed by atoms with Crippen molar-refractivity contribution in [1.82, 2.24) is 9.38 Å². The molecule has 2 N–H and O–H groups in total. The van der Waals surface area contributed by atoms with Crippen LogP contribution in [-0.4, -0.2) is 20.5 Å². The van der Waals surface area contributed by atoms with Gasteiger partial charge in [0.25, 0.3) is 5.56 Å². The van der Waals surface area contributed by atoms with E-state index < -0.39 is 17.2 Å². The molecule has 0 bridgehead atoms. The molecule has 0 saturated carbocycles. The third-order valence-electron chi connectivity index (χ3n) is 2.33. The van der Waals surface area contributed by atoms with E-state index in [1.165, 1.54) is 6.20 Å². The molecule has 0 amide bonds. The monoisotopic (exact) mass is 266 g/mol. The Hall–Kier alpha value is -2.15. The van der Waals surface area contributed by atoms with E-state index in [2.05, 4.69) is 11.6 Å². The molecule has 2 aromatic rings. The molecule has 0 aromatic carbocycles. The molecule has 0 aliphatic carbocycles. The molecule has 0 fully saturated rings. The normalized spacial score (nSPS) is 10.7. The fraction of sp³-hybridized carbons (Fsp3) is 0.182. The van der Waals surface area contributed by atoms with Gasteiger partial charge in [-0.25, -0.2) is 9.59 Å². The van der Waals surface area contributed by atoms with Gasteiger partial charge in [0.15, 0.2) is 0 Å². The topological polar surface area (TPSA) is 91.6 Å². The number of thiazole rings is 1. The number of hydrogen-bond acceptors (Lipinski definition) is 4. The Bertz CT molecular complexity index is 765. The molecule has 7 heteroatoms. The molecule has 0 radical (unpaired) electrons. The average Bonchev–Trinajstić information content (AvgIpc) is 2.69. The first-order valence-corrected chi connectivity index (χ1v) is 5.87. The minimum Gasteiger partial charge on any atom is -0.477 e. The fourth-order valence-corrected chi connectivity index (χ4v) is 2.58. The largest absolute Gasteiger partial charge is 0.477 e. The summed E-state index contributed by atoms with van der Waals surface area (Å²) in [7, 11) is 0. The Morgan fingerprint density at radius 3 is 2.78 bits per heavy atom. The van der Waals surface area contributed by atoms with Gasteiger partial charge in [-0.1, -0.05) is 12.2 Å². The standard InChI is InChI=1S/C11H10N2O4S/c1-5(2)3-6-8(14)12-11(17)13-4-7(10(15)16)18-9(6)13/h4H,1,3H2,2H3,(H,15,16)(H,12,14,17). The van der Waals surface area contributed by atoms with Crippen molar-refractivity contribution in [3.05, 3.63) is 49.6 Å². The lowest BCUT2D eigenvalue weighted by molar-refractivity contribution is 0.0702. The van der Waals surface area contributed by atoms with Crippen molar-refractivity contribution < 1.29 is 9.90 Å². The van der Waals surface area contributed by atoms with Crippen LogP contribution in [-0.2, 0) is 6.42 Å². The van der Waals surface area contributed by atoms with Gasteiger partial charge in [0.1, 0.15) is 9.71 Å². The molecule has 0 aliphatic heterocycles. The highest BCUT2D eigenvalue weighted by Crippen LogP contribution is 2.19. The molecule has 2 heterocycles. The highest BCUT2D eigenvalue weighted by atomic mass is 32.1. The molecule has 94 valence electrons. The molecule has 0 saturated heterocycles. The van der Waals surface area contributed by atoms with Crippen LogP contribution in [0.4, 0.5) is 0 Å². The Morgan fingerprint density at radius 2 is 2.22 bits per heavy atom. The third-order valence-corrected chi connectivity index (χ3v) is 3.47. The lowest BCUT2D eigenvalue weighted by Gasteiger charge is -2.01. The van der Waals surface area contributed by atoms with Gasteiger partial charge >= 0.3 is 11.7 Å². The zero-order chi connectivity index (χ0) is 13.4. The van der Waals surface area contributed by atoms with Crippen LogP contribution in [0.2, 0.25) is 0 Å². The SMILES string of the molecule is C=C(C)Cc1c(=O)[nH]c(=O)n2cc(C(=O)O)sc12. The number of allylic oxidation sites excluding steroid dienone is 1. The smallest absolute Gasteiger partial charge is 0.347 e. The Labute approximate surface area is 105 Å². The van der Waals surface area contributed by atoms with Gasteiger partial charge in [0.05, 0.1) is 5.56 Å². The summed E-state index contributed by atoms with van der Waals surface area (Å²) in [6.07, 6.45) is 1.52. The van der Waals surface area contributed by atoms with Gasteiger partial charge in [0.2, 0.25) is 0 Å².